The molecule has 3 aromatic rings. The highest BCUT2D eigenvalue weighted by molar-refractivity contribution is 5.79. The molecule has 0 spiro atoms. The summed E-state index contributed by atoms with van der Waals surface area (Å²) in [4.78, 5) is 12.6. The Balaban J connectivity index is 1.48. The smallest absolute Gasteiger partial charge is 0.226 e. The van der Waals surface area contributed by atoms with Gasteiger partial charge >= 0.3 is 0 Å². The molecule has 0 saturated carbocycles. The topological polar surface area (TPSA) is 85.8 Å². The van der Waals surface area contributed by atoms with Gasteiger partial charge in [-0.15, -0.1) is 5.10 Å². The van der Waals surface area contributed by atoms with Crippen molar-refractivity contribution in [1.82, 2.24) is 20.3 Å². The van der Waals surface area contributed by atoms with Crippen LogP contribution in [-0.4, -0.2) is 20.9 Å². The highest BCUT2D eigenvalue weighted by atomic mass is 16.1. The average molecular weight is 361 g/mol. The molecule has 0 bridgehead atoms. The first-order valence-electron chi connectivity index (χ1n) is 9.26. The molecule has 1 aliphatic rings. The molecule has 2 aromatic carbocycles. The third kappa shape index (κ3) is 3.56. The summed E-state index contributed by atoms with van der Waals surface area (Å²) in [7, 11) is 0. The van der Waals surface area contributed by atoms with Gasteiger partial charge in [0, 0.05) is 5.69 Å². The lowest BCUT2D eigenvalue weighted by atomic mass is 9.87. The number of carbonyl (C=O) groups excluding carboxylic acids is 1. The molecule has 0 radical (unpaired) electrons. The molecule has 1 heterocycles. The van der Waals surface area contributed by atoms with Crippen LogP contribution in [0.25, 0.3) is 5.69 Å². The lowest BCUT2D eigenvalue weighted by molar-refractivity contribution is -0.121. The summed E-state index contributed by atoms with van der Waals surface area (Å²) in [6.45, 7) is 1.94. The van der Waals surface area contributed by atoms with E-state index in [9.17, 15) is 4.79 Å². The molecule has 6 heteroatoms. The number of nitrogens with one attached hydrogen (secondary N) is 1. The number of aryl methyl sites for hydroxylation is 1. The molecule has 1 atom stereocenters. The molecule has 138 valence electrons. The van der Waals surface area contributed by atoms with Crippen LogP contribution in [0.1, 0.15) is 41.4 Å². The summed E-state index contributed by atoms with van der Waals surface area (Å²) < 4.78 is 1.77. The number of nitrogens with zero attached hydrogens (tertiary/aromatic N) is 3. The fourth-order valence-corrected chi connectivity index (χ4v) is 3.72. The second-order valence-corrected chi connectivity index (χ2v) is 7.02. The van der Waals surface area contributed by atoms with Crippen molar-refractivity contribution in [2.24, 2.45) is 0 Å². The van der Waals surface area contributed by atoms with E-state index in [1.165, 1.54) is 11.1 Å². The third-order valence-electron chi connectivity index (χ3n) is 5.14. The van der Waals surface area contributed by atoms with Crippen LogP contribution in [0.4, 0.5) is 5.69 Å². The van der Waals surface area contributed by atoms with Crippen molar-refractivity contribution in [1.29, 1.82) is 0 Å². The van der Waals surface area contributed by atoms with Gasteiger partial charge in [0.2, 0.25) is 5.91 Å². The fraction of sp³-hybridized carbons (Fsp3) is 0.286. The standard InChI is InChI=1S/C21H23N5O/c1-14-20(24-25-26(14)17-7-3-2-4-8-17)13-21(27)23-19-9-5-6-15-12-16(22)10-11-18(15)19/h2-4,7-8,10-12,19H,5-6,9,13,22H2,1H3,(H,23,27). The predicted octanol–water partition coefficient (Wildman–Crippen LogP) is 2.89. The number of fused-ring (bicyclic) bond motifs is 1. The largest absolute Gasteiger partial charge is 0.399 e. The maximum atomic E-state index is 12.6. The van der Waals surface area contributed by atoms with Gasteiger partial charge in [-0.2, -0.15) is 0 Å². The number of benzene rings is 2. The van der Waals surface area contributed by atoms with E-state index in [0.717, 1.165) is 36.3 Å². The number of carbonyl (C=O) groups is 1. The number of amides is 1. The molecule has 3 N–H and O–H groups in total. The number of hydrogen-bond donors (Lipinski definition) is 2. The number of nitrogens with two attached hydrogens (primary N) is 1. The highest BCUT2D eigenvalue weighted by Gasteiger charge is 2.23. The van der Waals surface area contributed by atoms with E-state index in [1.807, 2.05) is 55.5 Å². The average Bonchev–Trinajstić information content (AvgIpc) is 3.02. The Morgan fingerprint density at radius 3 is 2.89 bits per heavy atom. The minimum Gasteiger partial charge on any atom is -0.399 e. The van der Waals surface area contributed by atoms with E-state index in [2.05, 4.69) is 15.6 Å². The number of nitrogen functional groups attached to an aromatic ring is 1. The monoisotopic (exact) mass is 361 g/mol. The van der Waals surface area contributed by atoms with Gasteiger partial charge in [-0.1, -0.05) is 29.5 Å². The van der Waals surface area contributed by atoms with E-state index >= 15 is 0 Å². The Bertz CT molecular complexity index is 964. The van der Waals surface area contributed by atoms with E-state index in [0.29, 0.717) is 5.69 Å². The molecule has 1 unspecified atom stereocenters. The van der Waals surface area contributed by atoms with Gasteiger partial charge in [-0.05, 0) is 61.6 Å². The van der Waals surface area contributed by atoms with E-state index in [1.54, 1.807) is 4.68 Å². The first-order valence-corrected chi connectivity index (χ1v) is 9.26. The Morgan fingerprint density at radius 1 is 1.26 bits per heavy atom. The summed E-state index contributed by atoms with van der Waals surface area (Å²) in [5, 5.41) is 11.6. The Hall–Kier alpha value is -3.15. The maximum Gasteiger partial charge on any atom is 0.226 e. The summed E-state index contributed by atoms with van der Waals surface area (Å²) in [5.74, 6) is -0.0344. The van der Waals surface area contributed by atoms with Crippen LogP contribution in [0.5, 0.6) is 0 Å². The SMILES string of the molecule is Cc1c(CC(=O)NC2CCCc3cc(N)ccc32)nnn1-c1ccccc1. The predicted molar refractivity (Wildman–Crippen MR) is 104 cm³/mol. The quantitative estimate of drug-likeness (QED) is 0.700. The van der Waals surface area contributed by atoms with Crippen molar-refractivity contribution in [3.8, 4) is 5.69 Å². The second kappa shape index (κ2) is 7.23. The fourth-order valence-electron chi connectivity index (χ4n) is 3.72. The van der Waals surface area contributed by atoms with Crippen LogP contribution in [0, 0.1) is 6.92 Å². The summed E-state index contributed by atoms with van der Waals surface area (Å²) in [6.07, 6.45) is 3.22. The molecular formula is C21H23N5O. The van der Waals surface area contributed by atoms with Crippen molar-refractivity contribution in [3.05, 3.63) is 71.0 Å². The van der Waals surface area contributed by atoms with Gasteiger partial charge in [0.1, 0.15) is 0 Å². The lowest BCUT2D eigenvalue weighted by Gasteiger charge is -2.26. The number of aromatic nitrogens is 3. The maximum absolute atomic E-state index is 12.6. The molecule has 0 aliphatic heterocycles. The van der Waals surface area contributed by atoms with Crippen LogP contribution in [0.3, 0.4) is 0 Å². The van der Waals surface area contributed by atoms with E-state index in [-0.39, 0.29) is 18.4 Å². The molecule has 0 saturated heterocycles. The number of anilines is 1. The van der Waals surface area contributed by atoms with Crippen LogP contribution in [0.15, 0.2) is 48.5 Å². The van der Waals surface area contributed by atoms with Gasteiger partial charge in [-0.3, -0.25) is 4.79 Å². The zero-order valence-electron chi connectivity index (χ0n) is 15.4. The third-order valence-corrected chi connectivity index (χ3v) is 5.14. The van der Waals surface area contributed by atoms with Gasteiger partial charge in [0.25, 0.3) is 0 Å². The van der Waals surface area contributed by atoms with Crippen molar-refractivity contribution >= 4 is 11.6 Å². The molecule has 1 amide bonds. The first kappa shape index (κ1) is 17.3. The van der Waals surface area contributed by atoms with Crippen LogP contribution in [0.2, 0.25) is 0 Å². The minimum atomic E-state index is -0.0344. The van der Waals surface area contributed by atoms with E-state index in [4.69, 9.17) is 5.73 Å². The highest BCUT2D eigenvalue weighted by Crippen LogP contribution is 2.31. The summed E-state index contributed by atoms with van der Waals surface area (Å²) in [5.41, 5.74) is 11.6. The second-order valence-electron chi connectivity index (χ2n) is 7.02. The van der Waals surface area contributed by atoms with Gasteiger partial charge in [-0.25, -0.2) is 4.68 Å². The van der Waals surface area contributed by atoms with Gasteiger partial charge < -0.3 is 11.1 Å². The minimum absolute atomic E-state index is 0.0336. The molecular weight excluding hydrogens is 338 g/mol. The van der Waals surface area contributed by atoms with Crippen molar-refractivity contribution < 1.29 is 4.79 Å². The molecule has 1 aromatic heterocycles. The Morgan fingerprint density at radius 2 is 2.07 bits per heavy atom. The normalized spacial score (nSPS) is 16.0. The Kier molecular flexibility index (Phi) is 4.62. The van der Waals surface area contributed by atoms with Crippen molar-refractivity contribution in [2.75, 3.05) is 5.73 Å². The Labute approximate surface area is 158 Å². The van der Waals surface area contributed by atoms with Crippen molar-refractivity contribution in [3.63, 3.8) is 0 Å². The zero-order valence-corrected chi connectivity index (χ0v) is 15.4. The van der Waals surface area contributed by atoms with Gasteiger partial charge in [0.05, 0.1) is 29.5 Å². The van der Waals surface area contributed by atoms with Crippen LogP contribution < -0.4 is 11.1 Å². The number of para-hydroxylation sites is 1. The lowest BCUT2D eigenvalue weighted by Crippen LogP contribution is -2.32. The zero-order chi connectivity index (χ0) is 18.8. The molecule has 27 heavy (non-hydrogen) atoms. The van der Waals surface area contributed by atoms with Crippen molar-refractivity contribution in [2.45, 2.75) is 38.6 Å². The van der Waals surface area contributed by atoms with Crippen LogP contribution in [-0.2, 0) is 17.6 Å². The summed E-state index contributed by atoms with van der Waals surface area (Å²) in [6, 6.07) is 15.8. The number of hydrogen-bond acceptors (Lipinski definition) is 4. The number of rotatable bonds is 4. The summed E-state index contributed by atoms with van der Waals surface area (Å²) >= 11 is 0. The van der Waals surface area contributed by atoms with E-state index < -0.39 is 0 Å². The molecule has 4 rings (SSSR count). The van der Waals surface area contributed by atoms with Gasteiger partial charge in [0.15, 0.2) is 0 Å². The molecule has 0 fully saturated rings. The molecule has 1 aliphatic carbocycles. The first-order chi connectivity index (χ1) is 13.1. The van der Waals surface area contributed by atoms with Crippen LogP contribution >= 0.6 is 0 Å². The molecule has 6 nitrogen and oxygen atoms in total.